The molecule has 1 aromatic rings. The Labute approximate surface area is 187 Å². The standard InChI is InChI=1S/C21H36N4O2.HI/c1-22-20(24-16-21(10-7-11-21)12-13-26-4)23-15-19(25(2)3)17-8-6-9-18(14-17)27-5;/h6,8-9,14,19H,7,10-13,15-16H2,1-5H3,(H2,22,23,24);1H. The highest BCUT2D eigenvalue weighted by molar-refractivity contribution is 14.0. The molecule has 0 aromatic heterocycles. The van der Waals surface area contributed by atoms with Crippen LogP contribution in [-0.2, 0) is 4.74 Å². The number of aliphatic imine (C=N–C) groups is 1. The molecule has 0 amide bonds. The van der Waals surface area contributed by atoms with Crippen LogP contribution >= 0.6 is 24.0 Å². The lowest BCUT2D eigenvalue weighted by Gasteiger charge is -2.42. The van der Waals surface area contributed by atoms with Crippen LogP contribution in [0.3, 0.4) is 0 Å². The lowest BCUT2D eigenvalue weighted by Crippen LogP contribution is -2.48. The van der Waals surface area contributed by atoms with Gasteiger partial charge in [-0.3, -0.25) is 4.99 Å². The number of nitrogens with one attached hydrogen (secondary N) is 2. The Hall–Kier alpha value is -1.06. The van der Waals surface area contributed by atoms with Gasteiger partial charge >= 0.3 is 0 Å². The molecule has 2 rings (SSSR count). The van der Waals surface area contributed by atoms with E-state index in [0.29, 0.717) is 5.41 Å². The van der Waals surface area contributed by atoms with Gasteiger partial charge in [0.25, 0.3) is 0 Å². The molecule has 0 aliphatic heterocycles. The maximum Gasteiger partial charge on any atom is 0.191 e. The molecule has 0 bridgehead atoms. The number of benzene rings is 1. The van der Waals surface area contributed by atoms with E-state index in [4.69, 9.17) is 9.47 Å². The Balaban J connectivity index is 0.00000392. The smallest absolute Gasteiger partial charge is 0.191 e. The van der Waals surface area contributed by atoms with Gasteiger partial charge in [-0.25, -0.2) is 0 Å². The molecule has 1 atom stereocenters. The van der Waals surface area contributed by atoms with E-state index in [9.17, 15) is 0 Å². The molecular formula is C21H37IN4O2. The summed E-state index contributed by atoms with van der Waals surface area (Å²) in [5.74, 6) is 1.74. The van der Waals surface area contributed by atoms with Gasteiger partial charge in [-0.2, -0.15) is 0 Å². The molecule has 0 heterocycles. The van der Waals surface area contributed by atoms with Gasteiger partial charge in [0.1, 0.15) is 5.75 Å². The summed E-state index contributed by atoms with van der Waals surface area (Å²) in [5.41, 5.74) is 1.58. The Morgan fingerprint density at radius 2 is 2.00 bits per heavy atom. The second-order valence-corrected chi connectivity index (χ2v) is 7.66. The minimum Gasteiger partial charge on any atom is -0.497 e. The first-order chi connectivity index (χ1) is 13.0. The molecule has 7 heteroatoms. The van der Waals surface area contributed by atoms with Crippen LogP contribution in [0.25, 0.3) is 0 Å². The first-order valence-electron chi connectivity index (χ1n) is 9.77. The molecular weight excluding hydrogens is 467 g/mol. The Morgan fingerprint density at radius 3 is 2.54 bits per heavy atom. The first kappa shape index (κ1) is 25.0. The van der Waals surface area contributed by atoms with E-state index < -0.39 is 0 Å². The van der Waals surface area contributed by atoms with Crippen LogP contribution in [0.15, 0.2) is 29.3 Å². The van der Waals surface area contributed by atoms with Crippen LogP contribution in [0, 0.1) is 5.41 Å². The predicted octanol–water partition coefficient (Wildman–Crippen LogP) is 3.29. The molecule has 2 N–H and O–H groups in total. The van der Waals surface area contributed by atoms with Gasteiger partial charge in [0.2, 0.25) is 0 Å². The van der Waals surface area contributed by atoms with E-state index in [-0.39, 0.29) is 30.0 Å². The van der Waals surface area contributed by atoms with Crippen molar-refractivity contribution in [3.63, 3.8) is 0 Å². The largest absolute Gasteiger partial charge is 0.497 e. The number of nitrogens with zero attached hydrogens (tertiary/aromatic N) is 2. The summed E-state index contributed by atoms with van der Waals surface area (Å²) in [6.07, 6.45) is 4.96. The van der Waals surface area contributed by atoms with Gasteiger partial charge < -0.3 is 25.0 Å². The average molecular weight is 504 g/mol. The van der Waals surface area contributed by atoms with Crippen molar-refractivity contribution in [2.45, 2.75) is 31.7 Å². The van der Waals surface area contributed by atoms with E-state index in [0.717, 1.165) is 37.8 Å². The molecule has 1 aliphatic carbocycles. The van der Waals surface area contributed by atoms with Gasteiger partial charge in [0.05, 0.1) is 13.2 Å². The van der Waals surface area contributed by atoms with Crippen LogP contribution in [0.2, 0.25) is 0 Å². The second kappa shape index (κ2) is 12.5. The number of methoxy groups -OCH3 is 2. The van der Waals surface area contributed by atoms with Crippen molar-refractivity contribution in [1.29, 1.82) is 0 Å². The fourth-order valence-electron chi connectivity index (χ4n) is 3.64. The van der Waals surface area contributed by atoms with Crippen molar-refractivity contribution >= 4 is 29.9 Å². The van der Waals surface area contributed by atoms with E-state index >= 15 is 0 Å². The molecule has 1 fully saturated rings. The van der Waals surface area contributed by atoms with E-state index in [1.807, 2.05) is 19.2 Å². The summed E-state index contributed by atoms with van der Waals surface area (Å²) in [7, 11) is 9.49. The topological polar surface area (TPSA) is 58.1 Å². The molecule has 28 heavy (non-hydrogen) atoms. The third kappa shape index (κ3) is 7.08. The van der Waals surface area contributed by atoms with Gasteiger partial charge in [0, 0.05) is 33.9 Å². The number of rotatable bonds is 10. The fraction of sp³-hybridized carbons (Fsp3) is 0.667. The number of ether oxygens (including phenoxy) is 2. The maximum atomic E-state index is 5.37. The molecule has 1 aromatic carbocycles. The van der Waals surface area contributed by atoms with Crippen molar-refractivity contribution in [2.75, 3.05) is 55.1 Å². The highest BCUT2D eigenvalue weighted by Gasteiger charge is 2.36. The summed E-state index contributed by atoms with van der Waals surface area (Å²) < 4.78 is 10.7. The number of halogens is 1. The highest BCUT2D eigenvalue weighted by atomic mass is 127. The molecule has 0 saturated heterocycles. The van der Waals surface area contributed by atoms with Gasteiger partial charge in [0.15, 0.2) is 5.96 Å². The van der Waals surface area contributed by atoms with Gasteiger partial charge in [-0.15, -0.1) is 24.0 Å². The monoisotopic (exact) mass is 504 g/mol. The minimum atomic E-state index is 0. The van der Waals surface area contributed by atoms with E-state index in [2.05, 4.69) is 46.8 Å². The van der Waals surface area contributed by atoms with Crippen molar-refractivity contribution in [2.24, 2.45) is 10.4 Å². The maximum absolute atomic E-state index is 5.37. The third-order valence-corrected chi connectivity index (χ3v) is 5.67. The average Bonchev–Trinajstić information content (AvgIpc) is 2.65. The normalized spacial score (nSPS) is 16.7. The first-order valence-corrected chi connectivity index (χ1v) is 9.77. The number of hydrogen-bond acceptors (Lipinski definition) is 4. The predicted molar refractivity (Wildman–Crippen MR) is 127 cm³/mol. The molecule has 160 valence electrons. The summed E-state index contributed by atoms with van der Waals surface area (Å²) in [6, 6.07) is 8.47. The zero-order valence-corrected chi connectivity index (χ0v) is 20.3. The van der Waals surface area contributed by atoms with Gasteiger partial charge in [-0.05, 0) is 56.5 Å². The Kier molecular flexibility index (Phi) is 11.1. The number of likely N-dealkylation sites (N-methyl/N-ethyl adjacent to an activating group) is 1. The van der Waals surface area contributed by atoms with Crippen LogP contribution in [0.5, 0.6) is 5.75 Å². The van der Waals surface area contributed by atoms with Crippen LogP contribution in [0.4, 0.5) is 0 Å². The van der Waals surface area contributed by atoms with Crippen LogP contribution < -0.4 is 15.4 Å². The molecule has 0 spiro atoms. The number of guanidine groups is 1. The SMILES string of the molecule is CN=C(NCC(c1cccc(OC)c1)N(C)C)NCC1(CCOC)CCC1.I. The lowest BCUT2D eigenvalue weighted by atomic mass is 9.67. The molecule has 1 unspecified atom stereocenters. The molecule has 1 saturated carbocycles. The minimum absolute atomic E-state index is 0. The quantitative estimate of drug-likeness (QED) is 0.291. The second-order valence-electron chi connectivity index (χ2n) is 7.66. The summed E-state index contributed by atoms with van der Waals surface area (Å²) >= 11 is 0. The zero-order chi connectivity index (χ0) is 19.7. The van der Waals surface area contributed by atoms with Crippen molar-refractivity contribution < 1.29 is 9.47 Å². The molecule has 0 radical (unpaired) electrons. The third-order valence-electron chi connectivity index (χ3n) is 5.67. The number of hydrogen-bond donors (Lipinski definition) is 2. The van der Waals surface area contributed by atoms with Crippen molar-refractivity contribution in [1.82, 2.24) is 15.5 Å². The molecule has 1 aliphatic rings. The molecule has 6 nitrogen and oxygen atoms in total. The zero-order valence-electron chi connectivity index (χ0n) is 18.0. The van der Waals surface area contributed by atoms with Crippen molar-refractivity contribution in [3.05, 3.63) is 29.8 Å². The van der Waals surface area contributed by atoms with E-state index in [1.165, 1.54) is 24.8 Å². The Morgan fingerprint density at radius 1 is 1.25 bits per heavy atom. The van der Waals surface area contributed by atoms with Crippen LogP contribution in [-0.4, -0.2) is 65.9 Å². The lowest BCUT2D eigenvalue weighted by molar-refractivity contribution is 0.0732. The summed E-state index contributed by atoms with van der Waals surface area (Å²) in [6.45, 7) is 2.54. The van der Waals surface area contributed by atoms with Crippen molar-refractivity contribution in [3.8, 4) is 5.75 Å². The summed E-state index contributed by atoms with van der Waals surface area (Å²) in [4.78, 5) is 6.62. The fourth-order valence-corrected chi connectivity index (χ4v) is 3.64. The van der Waals surface area contributed by atoms with Gasteiger partial charge in [-0.1, -0.05) is 18.6 Å². The Bertz CT molecular complexity index is 606. The van der Waals surface area contributed by atoms with Crippen LogP contribution in [0.1, 0.15) is 37.3 Å². The highest BCUT2D eigenvalue weighted by Crippen LogP contribution is 2.43. The van der Waals surface area contributed by atoms with E-state index in [1.54, 1.807) is 14.2 Å². The summed E-state index contributed by atoms with van der Waals surface area (Å²) in [5, 5.41) is 7.02.